The Balaban J connectivity index is 2.43. The minimum absolute atomic E-state index is 0.179. The van der Waals surface area contributed by atoms with Gasteiger partial charge in [0.05, 0.1) is 0 Å². The molecule has 1 rings (SSSR count). The van der Waals surface area contributed by atoms with Crippen molar-refractivity contribution >= 4 is 5.91 Å². The topological polar surface area (TPSA) is 49.6 Å². The normalized spacial score (nSPS) is 20.2. The average Bonchev–Trinajstić information content (AvgIpc) is 2.35. The van der Waals surface area contributed by atoms with E-state index in [1.807, 2.05) is 0 Å². The predicted octanol–water partition coefficient (Wildman–Crippen LogP) is 0.914. The van der Waals surface area contributed by atoms with Crippen LogP contribution >= 0.6 is 0 Å². The molecule has 2 N–H and O–H groups in total. The summed E-state index contributed by atoms with van der Waals surface area (Å²) in [5.41, 5.74) is 5.81. The lowest BCUT2D eigenvalue weighted by Crippen LogP contribution is -2.47. The van der Waals surface area contributed by atoms with Crippen LogP contribution in [-0.2, 0) is 4.79 Å². The van der Waals surface area contributed by atoms with Gasteiger partial charge in [-0.3, -0.25) is 9.69 Å². The van der Waals surface area contributed by atoms with Crippen LogP contribution in [0.1, 0.15) is 32.6 Å². The van der Waals surface area contributed by atoms with Gasteiger partial charge in [-0.2, -0.15) is 0 Å². The van der Waals surface area contributed by atoms with E-state index in [1.54, 1.807) is 19.0 Å². The second-order valence-corrected chi connectivity index (χ2v) is 5.27. The zero-order valence-corrected chi connectivity index (χ0v) is 11.5. The number of carbonyl (C=O) groups excluding carboxylic acids is 1. The number of hydrogen-bond donors (Lipinski definition) is 1. The highest BCUT2D eigenvalue weighted by molar-refractivity contribution is 5.76. The average molecular weight is 241 g/mol. The van der Waals surface area contributed by atoms with Crippen molar-refractivity contribution < 1.29 is 4.79 Å². The lowest BCUT2D eigenvalue weighted by Gasteiger charge is -2.37. The molecule has 0 aliphatic carbocycles. The van der Waals surface area contributed by atoms with Gasteiger partial charge in [0, 0.05) is 33.1 Å². The maximum Gasteiger partial charge on any atom is 0.223 e. The number of nitrogens with zero attached hydrogens (tertiary/aromatic N) is 2. The van der Waals surface area contributed by atoms with Gasteiger partial charge in [0.1, 0.15) is 0 Å². The molecule has 0 radical (unpaired) electrons. The Morgan fingerprint density at radius 1 is 1.41 bits per heavy atom. The van der Waals surface area contributed by atoms with Crippen molar-refractivity contribution in [2.45, 2.75) is 38.6 Å². The van der Waals surface area contributed by atoms with Crippen LogP contribution < -0.4 is 5.73 Å². The molecule has 1 unspecified atom stereocenters. The molecule has 1 heterocycles. The Kier molecular flexibility index (Phi) is 5.92. The Morgan fingerprint density at radius 2 is 2.00 bits per heavy atom. The monoisotopic (exact) mass is 241 g/mol. The molecule has 0 spiro atoms. The molecule has 17 heavy (non-hydrogen) atoms. The minimum Gasteiger partial charge on any atom is -0.349 e. The van der Waals surface area contributed by atoms with Crippen LogP contribution in [0.15, 0.2) is 0 Å². The maximum absolute atomic E-state index is 11.7. The molecule has 0 aromatic carbocycles. The molecule has 0 aromatic heterocycles. The summed E-state index contributed by atoms with van der Waals surface area (Å²) in [7, 11) is 3.61. The molecule has 0 bridgehead atoms. The van der Waals surface area contributed by atoms with Crippen LogP contribution in [0.2, 0.25) is 0 Å². The molecule has 0 aromatic rings. The third-order valence-electron chi connectivity index (χ3n) is 3.92. The van der Waals surface area contributed by atoms with E-state index < -0.39 is 0 Å². The highest BCUT2D eigenvalue weighted by Gasteiger charge is 2.25. The number of amides is 1. The van der Waals surface area contributed by atoms with Gasteiger partial charge in [0.25, 0.3) is 0 Å². The van der Waals surface area contributed by atoms with Gasteiger partial charge < -0.3 is 10.6 Å². The summed E-state index contributed by atoms with van der Waals surface area (Å²) >= 11 is 0. The summed E-state index contributed by atoms with van der Waals surface area (Å²) in [4.78, 5) is 15.8. The largest absolute Gasteiger partial charge is 0.349 e. The first-order chi connectivity index (χ1) is 8.08. The Bertz CT molecular complexity index is 235. The second kappa shape index (κ2) is 6.97. The fourth-order valence-corrected chi connectivity index (χ4v) is 2.47. The molecule has 1 aliphatic heterocycles. The molecule has 4 heteroatoms. The van der Waals surface area contributed by atoms with E-state index in [-0.39, 0.29) is 11.9 Å². The maximum atomic E-state index is 11.7. The van der Waals surface area contributed by atoms with E-state index in [0.29, 0.717) is 13.0 Å². The van der Waals surface area contributed by atoms with Crippen LogP contribution in [0.25, 0.3) is 0 Å². The van der Waals surface area contributed by atoms with E-state index in [4.69, 9.17) is 5.73 Å². The number of hydrogen-bond acceptors (Lipinski definition) is 3. The molecular formula is C13H27N3O. The Labute approximate surface area is 105 Å². The molecule has 0 saturated carbocycles. The number of nitrogens with two attached hydrogens (primary N) is 1. The number of carbonyl (C=O) groups is 1. The van der Waals surface area contributed by atoms with Gasteiger partial charge in [0.15, 0.2) is 0 Å². The molecule has 1 atom stereocenters. The first-order valence-corrected chi connectivity index (χ1v) is 6.72. The van der Waals surface area contributed by atoms with Crippen LogP contribution in [0.4, 0.5) is 0 Å². The van der Waals surface area contributed by atoms with Crippen molar-refractivity contribution in [3.05, 3.63) is 0 Å². The fraction of sp³-hybridized carbons (Fsp3) is 0.923. The SMILES string of the molecule is CCC1CCN(C(CN)CC(=O)N(C)C)CC1. The molecule has 1 saturated heterocycles. The van der Waals surface area contributed by atoms with Gasteiger partial charge in [-0.25, -0.2) is 0 Å². The first kappa shape index (κ1) is 14.5. The molecule has 1 fully saturated rings. The highest BCUT2D eigenvalue weighted by atomic mass is 16.2. The van der Waals surface area contributed by atoms with Gasteiger partial charge >= 0.3 is 0 Å². The van der Waals surface area contributed by atoms with Crippen LogP contribution in [0, 0.1) is 5.92 Å². The van der Waals surface area contributed by atoms with E-state index in [9.17, 15) is 4.79 Å². The fourth-order valence-electron chi connectivity index (χ4n) is 2.47. The molecule has 1 aliphatic rings. The smallest absolute Gasteiger partial charge is 0.223 e. The standard InChI is InChI=1S/C13H27N3O/c1-4-11-5-7-16(8-6-11)12(10-14)9-13(17)15(2)3/h11-12H,4-10,14H2,1-3H3. The summed E-state index contributed by atoms with van der Waals surface area (Å²) < 4.78 is 0. The van der Waals surface area contributed by atoms with Gasteiger partial charge in [0.2, 0.25) is 5.91 Å². The van der Waals surface area contributed by atoms with E-state index in [2.05, 4.69) is 11.8 Å². The molecule has 4 nitrogen and oxygen atoms in total. The predicted molar refractivity (Wildman–Crippen MR) is 70.7 cm³/mol. The van der Waals surface area contributed by atoms with Crippen LogP contribution in [0.5, 0.6) is 0 Å². The van der Waals surface area contributed by atoms with Crippen molar-refractivity contribution in [1.29, 1.82) is 0 Å². The number of likely N-dealkylation sites (tertiary alicyclic amines) is 1. The van der Waals surface area contributed by atoms with Crippen molar-refractivity contribution in [3.63, 3.8) is 0 Å². The van der Waals surface area contributed by atoms with Crippen molar-refractivity contribution in [3.8, 4) is 0 Å². The highest BCUT2D eigenvalue weighted by Crippen LogP contribution is 2.22. The zero-order chi connectivity index (χ0) is 12.8. The van der Waals surface area contributed by atoms with Gasteiger partial charge in [-0.05, 0) is 31.8 Å². The summed E-state index contributed by atoms with van der Waals surface area (Å²) in [5, 5.41) is 0. The third-order valence-corrected chi connectivity index (χ3v) is 3.92. The summed E-state index contributed by atoms with van der Waals surface area (Å²) in [6.07, 6.45) is 4.34. The first-order valence-electron chi connectivity index (χ1n) is 6.72. The second-order valence-electron chi connectivity index (χ2n) is 5.27. The van der Waals surface area contributed by atoms with Crippen LogP contribution in [0.3, 0.4) is 0 Å². The lowest BCUT2D eigenvalue weighted by atomic mass is 9.93. The molecular weight excluding hydrogens is 214 g/mol. The zero-order valence-electron chi connectivity index (χ0n) is 11.5. The minimum atomic E-state index is 0.179. The number of piperidine rings is 1. The third kappa shape index (κ3) is 4.28. The van der Waals surface area contributed by atoms with E-state index in [0.717, 1.165) is 19.0 Å². The lowest BCUT2D eigenvalue weighted by molar-refractivity contribution is -0.130. The van der Waals surface area contributed by atoms with Gasteiger partial charge in [-0.1, -0.05) is 13.3 Å². The Morgan fingerprint density at radius 3 is 2.41 bits per heavy atom. The van der Waals surface area contributed by atoms with Gasteiger partial charge in [-0.15, -0.1) is 0 Å². The number of rotatable bonds is 5. The van der Waals surface area contributed by atoms with Crippen molar-refractivity contribution in [1.82, 2.24) is 9.80 Å². The van der Waals surface area contributed by atoms with Crippen molar-refractivity contribution in [2.75, 3.05) is 33.7 Å². The Hall–Kier alpha value is -0.610. The summed E-state index contributed by atoms with van der Waals surface area (Å²) in [6.45, 7) is 5.04. The quantitative estimate of drug-likeness (QED) is 0.778. The van der Waals surface area contributed by atoms with Crippen molar-refractivity contribution in [2.24, 2.45) is 11.7 Å². The van der Waals surface area contributed by atoms with E-state index >= 15 is 0 Å². The molecule has 1 amide bonds. The molecule has 100 valence electrons. The summed E-state index contributed by atoms with van der Waals surface area (Å²) in [5.74, 6) is 1.05. The van der Waals surface area contributed by atoms with Crippen LogP contribution in [-0.4, -0.2) is 55.5 Å². The summed E-state index contributed by atoms with van der Waals surface area (Å²) in [6, 6.07) is 0.225. The van der Waals surface area contributed by atoms with E-state index in [1.165, 1.54) is 19.3 Å².